The van der Waals surface area contributed by atoms with Crippen LogP contribution in [0.15, 0.2) is 24.3 Å². The molecule has 5 nitrogen and oxygen atoms in total. The maximum Gasteiger partial charge on any atom is 0.267 e. The molecule has 1 unspecified atom stereocenters. The number of nitrogens with one attached hydrogen (secondary N) is 1. The summed E-state index contributed by atoms with van der Waals surface area (Å²) in [5.41, 5.74) is 6.76. The van der Waals surface area contributed by atoms with E-state index in [-0.39, 0.29) is 17.7 Å². The highest BCUT2D eigenvalue weighted by atomic mass is 16.3. The molecule has 0 fully saturated rings. The molecule has 18 heavy (non-hydrogen) atoms. The van der Waals surface area contributed by atoms with Crippen molar-refractivity contribution in [1.29, 1.82) is 0 Å². The monoisotopic (exact) mass is 247 g/mol. The molecule has 5 heteroatoms. The number of para-hydroxylation sites is 1. The minimum atomic E-state index is -0.189. The number of nitrogens with two attached hydrogens (primary N) is 1. The molecule has 0 aliphatic rings. The van der Waals surface area contributed by atoms with Crippen LogP contribution in [0.5, 0.6) is 5.75 Å². The summed E-state index contributed by atoms with van der Waals surface area (Å²) in [4.78, 5) is 12.0. The quantitative estimate of drug-likeness (QED) is 0.755. The first-order valence-electron chi connectivity index (χ1n) is 5.82. The number of amides is 1. The van der Waals surface area contributed by atoms with Crippen LogP contribution >= 0.6 is 0 Å². The SMILES string of the molecule is CC(N)CNC(=O)c1cc2cccc(O)c2n1C. The molecule has 0 aliphatic carbocycles. The third-order valence-electron chi connectivity index (χ3n) is 2.85. The van der Waals surface area contributed by atoms with Crippen molar-refractivity contribution < 1.29 is 9.90 Å². The highest BCUT2D eigenvalue weighted by Gasteiger charge is 2.15. The number of aromatic nitrogens is 1. The zero-order valence-corrected chi connectivity index (χ0v) is 10.5. The minimum absolute atomic E-state index is 0.0861. The van der Waals surface area contributed by atoms with Gasteiger partial charge in [0, 0.05) is 25.0 Å². The summed E-state index contributed by atoms with van der Waals surface area (Å²) < 4.78 is 1.68. The Morgan fingerprint density at radius 3 is 2.89 bits per heavy atom. The van der Waals surface area contributed by atoms with Crippen molar-refractivity contribution >= 4 is 16.8 Å². The predicted octanol–water partition coefficient (Wildman–Crippen LogP) is 0.961. The maximum atomic E-state index is 12.0. The van der Waals surface area contributed by atoms with Gasteiger partial charge < -0.3 is 20.7 Å². The molecule has 1 aromatic carbocycles. The second-order valence-electron chi connectivity index (χ2n) is 4.49. The number of carbonyl (C=O) groups is 1. The van der Waals surface area contributed by atoms with Gasteiger partial charge in [-0.05, 0) is 19.1 Å². The molecule has 0 spiro atoms. The average Bonchev–Trinajstić information content (AvgIpc) is 2.65. The molecular weight excluding hydrogens is 230 g/mol. The van der Waals surface area contributed by atoms with Gasteiger partial charge in [-0.2, -0.15) is 0 Å². The number of benzene rings is 1. The standard InChI is InChI=1S/C13H17N3O2/c1-8(14)7-15-13(18)10-6-9-4-3-5-11(17)12(9)16(10)2/h3-6,8,17H,7,14H2,1-2H3,(H,15,18). The fourth-order valence-corrected chi connectivity index (χ4v) is 1.96. The normalized spacial score (nSPS) is 12.6. The number of phenolic OH excluding ortho intramolecular Hbond substituents is 1. The van der Waals surface area contributed by atoms with E-state index < -0.39 is 0 Å². The van der Waals surface area contributed by atoms with Crippen molar-refractivity contribution in [3.05, 3.63) is 30.0 Å². The first-order chi connectivity index (χ1) is 8.50. The zero-order valence-electron chi connectivity index (χ0n) is 10.5. The molecule has 0 aliphatic heterocycles. The number of aromatic hydroxyl groups is 1. The number of phenols is 1. The van der Waals surface area contributed by atoms with E-state index in [9.17, 15) is 9.90 Å². The third-order valence-corrected chi connectivity index (χ3v) is 2.85. The van der Waals surface area contributed by atoms with Crippen LogP contribution < -0.4 is 11.1 Å². The van der Waals surface area contributed by atoms with Crippen molar-refractivity contribution in [2.45, 2.75) is 13.0 Å². The van der Waals surface area contributed by atoms with Crippen LogP contribution in [-0.2, 0) is 7.05 Å². The minimum Gasteiger partial charge on any atom is -0.506 e. The summed E-state index contributed by atoms with van der Waals surface area (Å²) in [5, 5.41) is 13.4. The number of aryl methyl sites for hydroxylation is 1. The maximum absolute atomic E-state index is 12.0. The van der Waals surface area contributed by atoms with Crippen LogP contribution in [0.2, 0.25) is 0 Å². The Kier molecular flexibility index (Phi) is 3.25. The van der Waals surface area contributed by atoms with Crippen LogP contribution in [0.3, 0.4) is 0 Å². The highest BCUT2D eigenvalue weighted by Crippen LogP contribution is 2.26. The lowest BCUT2D eigenvalue weighted by atomic mass is 10.2. The fourth-order valence-electron chi connectivity index (χ4n) is 1.96. The van der Waals surface area contributed by atoms with Crippen molar-refractivity contribution in [2.24, 2.45) is 12.8 Å². The molecule has 1 atom stereocenters. The zero-order chi connectivity index (χ0) is 13.3. The molecule has 1 aromatic heterocycles. The van der Waals surface area contributed by atoms with Crippen LogP contribution in [0, 0.1) is 0 Å². The molecule has 0 radical (unpaired) electrons. The van der Waals surface area contributed by atoms with Gasteiger partial charge in [0.15, 0.2) is 0 Å². The van der Waals surface area contributed by atoms with Crippen molar-refractivity contribution in [1.82, 2.24) is 9.88 Å². The predicted molar refractivity (Wildman–Crippen MR) is 70.6 cm³/mol. The average molecular weight is 247 g/mol. The Balaban J connectivity index is 2.37. The van der Waals surface area contributed by atoms with E-state index in [1.54, 1.807) is 29.8 Å². The van der Waals surface area contributed by atoms with Crippen molar-refractivity contribution in [3.63, 3.8) is 0 Å². The summed E-state index contributed by atoms with van der Waals surface area (Å²) in [6.45, 7) is 2.25. The molecule has 1 heterocycles. The van der Waals surface area contributed by atoms with Gasteiger partial charge >= 0.3 is 0 Å². The lowest BCUT2D eigenvalue weighted by Gasteiger charge is -2.08. The first-order valence-corrected chi connectivity index (χ1v) is 5.82. The van der Waals surface area contributed by atoms with Gasteiger partial charge in [-0.1, -0.05) is 12.1 Å². The van der Waals surface area contributed by atoms with Crippen LogP contribution in [0.4, 0.5) is 0 Å². The van der Waals surface area contributed by atoms with E-state index in [2.05, 4.69) is 5.32 Å². The molecule has 2 rings (SSSR count). The van der Waals surface area contributed by atoms with E-state index in [0.717, 1.165) is 5.39 Å². The number of carbonyl (C=O) groups excluding carboxylic acids is 1. The molecule has 2 aromatic rings. The molecule has 1 amide bonds. The summed E-state index contributed by atoms with van der Waals surface area (Å²) in [6.07, 6.45) is 0. The lowest BCUT2D eigenvalue weighted by Crippen LogP contribution is -2.35. The second-order valence-corrected chi connectivity index (χ2v) is 4.49. The number of hydrogen-bond acceptors (Lipinski definition) is 3. The van der Waals surface area contributed by atoms with Gasteiger partial charge in [0.2, 0.25) is 0 Å². The summed E-state index contributed by atoms with van der Waals surface area (Å²) >= 11 is 0. The molecular formula is C13H17N3O2. The van der Waals surface area contributed by atoms with Crippen molar-refractivity contribution in [3.8, 4) is 5.75 Å². The van der Waals surface area contributed by atoms with E-state index in [4.69, 9.17) is 5.73 Å². The molecule has 4 N–H and O–H groups in total. The number of fused-ring (bicyclic) bond motifs is 1. The van der Waals surface area contributed by atoms with Gasteiger partial charge in [-0.3, -0.25) is 4.79 Å². The van der Waals surface area contributed by atoms with Gasteiger partial charge in [-0.15, -0.1) is 0 Å². The van der Waals surface area contributed by atoms with Crippen LogP contribution in [-0.4, -0.2) is 28.2 Å². The summed E-state index contributed by atoms with van der Waals surface area (Å²) in [5.74, 6) is -0.0216. The topological polar surface area (TPSA) is 80.3 Å². The van der Waals surface area contributed by atoms with Gasteiger partial charge in [0.25, 0.3) is 5.91 Å². The van der Waals surface area contributed by atoms with Crippen LogP contribution in [0.1, 0.15) is 17.4 Å². The van der Waals surface area contributed by atoms with Gasteiger partial charge in [0.1, 0.15) is 11.4 Å². The van der Waals surface area contributed by atoms with E-state index >= 15 is 0 Å². The Hall–Kier alpha value is -2.01. The smallest absolute Gasteiger partial charge is 0.267 e. The van der Waals surface area contributed by atoms with Crippen LogP contribution in [0.25, 0.3) is 10.9 Å². The Bertz CT molecular complexity index is 587. The van der Waals surface area contributed by atoms with E-state index in [0.29, 0.717) is 17.8 Å². The molecule has 0 saturated carbocycles. The number of hydrogen-bond donors (Lipinski definition) is 3. The Morgan fingerprint density at radius 2 is 2.28 bits per heavy atom. The lowest BCUT2D eigenvalue weighted by molar-refractivity contribution is 0.0944. The summed E-state index contributed by atoms with van der Waals surface area (Å²) in [6, 6.07) is 6.88. The van der Waals surface area contributed by atoms with E-state index in [1.807, 2.05) is 13.0 Å². The molecule has 96 valence electrons. The molecule has 0 bridgehead atoms. The second kappa shape index (κ2) is 4.70. The number of rotatable bonds is 3. The molecule has 0 saturated heterocycles. The Morgan fingerprint density at radius 1 is 1.56 bits per heavy atom. The first kappa shape index (κ1) is 12.4. The van der Waals surface area contributed by atoms with Gasteiger partial charge in [-0.25, -0.2) is 0 Å². The number of nitrogens with zero attached hydrogens (tertiary/aromatic N) is 1. The fraction of sp³-hybridized carbons (Fsp3) is 0.308. The van der Waals surface area contributed by atoms with Gasteiger partial charge in [0.05, 0.1) is 5.52 Å². The highest BCUT2D eigenvalue weighted by molar-refractivity contribution is 6.00. The third kappa shape index (κ3) is 2.17. The van der Waals surface area contributed by atoms with Crippen molar-refractivity contribution in [2.75, 3.05) is 6.54 Å². The van der Waals surface area contributed by atoms with E-state index in [1.165, 1.54) is 0 Å². The Labute approximate surface area is 105 Å². The summed E-state index contributed by atoms with van der Waals surface area (Å²) in [7, 11) is 1.75. The largest absolute Gasteiger partial charge is 0.506 e.